The highest BCUT2D eigenvalue weighted by Crippen LogP contribution is 1.98. The summed E-state index contributed by atoms with van der Waals surface area (Å²) in [6, 6.07) is -0.513. The molecule has 1 aliphatic rings. The van der Waals surface area contributed by atoms with Crippen LogP contribution in [0.15, 0.2) is 0 Å². The number of carboxylic acids is 1. The van der Waals surface area contributed by atoms with Crippen LogP contribution < -0.4 is 5.32 Å². The molecule has 0 unspecified atom stereocenters. The van der Waals surface area contributed by atoms with E-state index >= 15 is 0 Å². The number of nitrogens with zero attached hydrogens (tertiary/aromatic N) is 1. The van der Waals surface area contributed by atoms with Crippen LogP contribution in [0.25, 0.3) is 0 Å². The number of carbonyl (C=O) groups is 3. The van der Waals surface area contributed by atoms with Crippen molar-refractivity contribution in [1.82, 2.24) is 10.2 Å². The Morgan fingerprint density at radius 1 is 1.58 bits per heavy atom. The van der Waals surface area contributed by atoms with E-state index < -0.39 is 12.0 Å². The smallest absolute Gasteiger partial charge is 0.324 e. The maximum atomic E-state index is 10.8. The predicted molar refractivity (Wildman–Crippen MR) is 37.4 cm³/mol. The molecule has 0 aromatic carbocycles. The summed E-state index contributed by atoms with van der Waals surface area (Å²) in [4.78, 5) is 32.6. The van der Waals surface area contributed by atoms with Gasteiger partial charge in [-0.1, -0.05) is 0 Å². The van der Waals surface area contributed by atoms with Crippen molar-refractivity contribution in [2.45, 2.75) is 6.42 Å². The second-order valence-corrected chi connectivity index (χ2v) is 2.42. The Balaban J connectivity index is 2.38. The third kappa shape index (κ3) is 1.94. The number of rotatable bonds is 3. The van der Waals surface area contributed by atoms with Crippen LogP contribution in [0.3, 0.4) is 0 Å². The molecule has 0 aromatic heterocycles. The lowest BCUT2D eigenvalue weighted by molar-refractivity contribution is -0.137. The van der Waals surface area contributed by atoms with E-state index in [0.29, 0.717) is 0 Å². The van der Waals surface area contributed by atoms with E-state index in [2.05, 4.69) is 0 Å². The number of hydrogen-bond donors (Lipinski definition) is 2. The summed E-state index contributed by atoms with van der Waals surface area (Å²) in [6.07, 6.45) is -0.138. The van der Waals surface area contributed by atoms with Crippen molar-refractivity contribution in [2.24, 2.45) is 0 Å². The van der Waals surface area contributed by atoms with E-state index in [1.807, 2.05) is 5.32 Å². The van der Waals surface area contributed by atoms with Gasteiger partial charge in [-0.15, -0.1) is 0 Å². The highest BCUT2D eigenvalue weighted by Gasteiger charge is 2.26. The molecule has 12 heavy (non-hydrogen) atoms. The van der Waals surface area contributed by atoms with Crippen molar-refractivity contribution in [3.63, 3.8) is 0 Å². The van der Waals surface area contributed by atoms with Crippen LogP contribution in [0.4, 0.5) is 4.79 Å². The zero-order valence-corrected chi connectivity index (χ0v) is 6.24. The van der Waals surface area contributed by atoms with Gasteiger partial charge in [-0.05, 0) is 0 Å². The average molecular weight is 172 g/mol. The normalized spacial score (nSPS) is 16.5. The Labute approximate surface area is 68.1 Å². The largest absolute Gasteiger partial charge is 0.481 e. The average Bonchev–Trinajstić information content (AvgIpc) is 2.26. The number of carboxylic acid groups (broad SMARTS) is 1. The summed E-state index contributed by atoms with van der Waals surface area (Å²) < 4.78 is 0. The monoisotopic (exact) mass is 172 g/mol. The van der Waals surface area contributed by atoms with E-state index in [9.17, 15) is 14.4 Å². The summed E-state index contributed by atoms with van der Waals surface area (Å²) in [6.45, 7) is 0.0407. The molecule has 0 atom stereocenters. The van der Waals surface area contributed by atoms with Gasteiger partial charge in [0.2, 0.25) is 5.91 Å². The zero-order chi connectivity index (χ0) is 9.14. The minimum absolute atomic E-state index is 0.0356. The first-order chi connectivity index (χ1) is 5.59. The first kappa shape index (κ1) is 8.51. The van der Waals surface area contributed by atoms with Crippen molar-refractivity contribution in [3.8, 4) is 0 Å². The summed E-state index contributed by atoms with van der Waals surface area (Å²) in [5.74, 6) is -1.37. The third-order valence-corrected chi connectivity index (χ3v) is 1.46. The SMILES string of the molecule is O=C(O)CCN1CC(=O)NC1=O. The topological polar surface area (TPSA) is 86.7 Å². The lowest BCUT2D eigenvalue weighted by Gasteiger charge is -2.09. The number of urea groups is 1. The standard InChI is InChI=1S/C6H8N2O4/c9-4-3-8(6(12)7-4)2-1-5(10)11/h1-3H2,(H,10,11)(H,7,9,12). The fourth-order valence-corrected chi connectivity index (χ4v) is 0.894. The molecule has 0 spiro atoms. The number of imide groups is 1. The van der Waals surface area contributed by atoms with Gasteiger partial charge in [-0.25, -0.2) is 4.79 Å². The number of carbonyl (C=O) groups excluding carboxylic acids is 2. The minimum atomic E-state index is -0.984. The third-order valence-electron chi connectivity index (χ3n) is 1.46. The van der Waals surface area contributed by atoms with Crippen LogP contribution in [0.1, 0.15) is 6.42 Å². The molecule has 0 bridgehead atoms. The number of nitrogens with one attached hydrogen (secondary N) is 1. The van der Waals surface area contributed by atoms with E-state index in [1.165, 1.54) is 0 Å². The molecular weight excluding hydrogens is 164 g/mol. The van der Waals surface area contributed by atoms with Gasteiger partial charge >= 0.3 is 12.0 Å². The lowest BCUT2D eigenvalue weighted by atomic mass is 10.4. The predicted octanol–water partition coefficient (Wildman–Crippen LogP) is -0.987. The Bertz CT molecular complexity index is 238. The first-order valence-corrected chi connectivity index (χ1v) is 3.40. The number of hydrogen-bond acceptors (Lipinski definition) is 3. The molecule has 6 nitrogen and oxygen atoms in total. The van der Waals surface area contributed by atoms with Crippen molar-refractivity contribution < 1.29 is 19.5 Å². The van der Waals surface area contributed by atoms with Crippen molar-refractivity contribution in [2.75, 3.05) is 13.1 Å². The molecular formula is C6H8N2O4. The molecule has 0 saturated carbocycles. The van der Waals surface area contributed by atoms with Crippen LogP contribution in [0.2, 0.25) is 0 Å². The van der Waals surface area contributed by atoms with Crippen LogP contribution in [0, 0.1) is 0 Å². The molecule has 6 heteroatoms. The van der Waals surface area contributed by atoms with Gasteiger partial charge < -0.3 is 10.0 Å². The lowest BCUT2D eigenvalue weighted by Crippen LogP contribution is -2.30. The van der Waals surface area contributed by atoms with Gasteiger partial charge in [-0.2, -0.15) is 0 Å². The molecule has 1 heterocycles. The molecule has 2 N–H and O–H groups in total. The van der Waals surface area contributed by atoms with E-state index in [4.69, 9.17) is 5.11 Å². The number of amides is 3. The van der Waals surface area contributed by atoms with Gasteiger partial charge in [0.15, 0.2) is 0 Å². The van der Waals surface area contributed by atoms with E-state index in [-0.39, 0.29) is 25.4 Å². The molecule has 1 saturated heterocycles. The summed E-state index contributed by atoms with van der Waals surface area (Å²) in [5, 5.41) is 10.3. The van der Waals surface area contributed by atoms with Crippen LogP contribution in [-0.4, -0.2) is 41.0 Å². The highest BCUT2D eigenvalue weighted by atomic mass is 16.4. The minimum Gasteiger partial charge on any atom is -0.481 e. The van der Waals surface area contributed by atoms with Gasteiger partial charge in [-0.3, -0.25) is 14.9 Å². The number of aliphatic carboxylic acids is 1. The maximum Gasteiger partial charge on any atom is 0.324 e. The Morgan fingerprint density at radius 3 is 2.67 bits per heavy atom. The molecule has 1 rings (SSSR count). The first-order valence-electron chi connectivity index (χ1n) is 3.40. The van der Waals surface area contributed by atoms with Crippen LogP contribution in [0.5, 0.6) is 0 Å². The van der Waals surface area contributed by atoms with Gasteiger partial charge in [0, 0.05) is 6.54 Å². The highest BCUT2D eigenvalue weighted by molar-refractivity contribution is 6.01. The Kier molecular flexibility index (Phi) is 2.27. The summed E-state index contributed by atoms with van der Waals surface area (Å²) >= 11 is 0. The molecule has 0 aliphatic carbocycles. The van der Waals surface area contributed by atoms with Crippen LogP contribution in [-0.2, 0) is 9.59 Å². The van der Waals surface area contributed by atoms with E-state index in [0.717, 1.165) is 4.90 Å². The van der Waals surface area contributed by atoms with Gasteiger partial charge in [0.1, 0.15) is 6.54 Å². The molecule has 1 fully saturated rings. The molecule has 0 aromatic rings. The van der Waals surface area contributed by atoms with Crippen molar-refractivity contribution >= 4 is 17.9 Å². The van der Waals surface area contributed by atoms with Crippen molar-refractivity contribution in [3.05, 3.63) is 0 Å². The fraction of sp³-hybridized carbons (Fsp3) is 0.500. The second-order valence-electron chi connectivity index (χ2n) is 2.42. The summed E-state index contributed by atoms with van der Waals surface area (Å²) in [7, 11) is 0. The van der Waals surface area contributed by atoms with E-state index in [1.54, 1.807) is 0 Å². The fourth-order valence-electron chi connectivity index (χ4n) is 0.894. The quantitative estimate of drug-likeness (QED) is 0.535. The maximum absolute atomic E-state index is 10.8. The second kappa shape index (κ2) is 3.21. The Morgan fingerprint density at radius 2 is 2.25 bits per heavy atom. The molecule has 3 amide bonds. The zero-order valence-electron chi connectivity index (χ0n) is 6.24. The van der Waals surface area contributed by atoms with Gasteiger partial charge in [0.25, 0.3) is 0 Å². The molecule has 0 radical (unpaired) electrons. The molecule has 66 valence electrons. The summed E-state index contributed by atoms with van der Waals surface area (Å²) in [5.41, 5.74) is 0. The van der Waals surface area contributed by atoms with Gasteiger partial charge in [0.05, 0.1) is 6.42 Å². The molecule has 1 aliphatic heterocycles. The Hall–Kier alpha value is -1.59. The van der Waals surface area contributed by atoms with Crippen LogP contribution >= 0.6 is 0 Å². The van der Waals surface area contributed by atoms with Crippen molar-refractivity contribution in [1.29, 1.82) is 0 Å².